The number of aromatic hydroxyl groups is 2. The molecule has 0 saturated carbocycles. The average Bonchev–Trinajstić information content (AvgIpc) is 2.50. The largest absolute Gasteiger partial charge is 0.508 e. The second-order valence-corrected chi connectivity index (χ2v) is 6.85. The molecule has 0 aliphatic rings. The van der Waals surface area contributed by atoms with E-state index in [-0.39, 0.29) is 30.2 Å². The molecule has 2 aromatic carbocycles. The fourth-order valence-electron chi connectivity index (χ4n) is 2.33. The number of phenolic OH excluding ortho intramolecular Hbond substituents is 2. The summed E-state index contributed by atoms with van der Waals surface area (Å²) in [5, 5.41) is 28.8. The van der Waals surface area contributed by atoms with Crippen molar-refractivity contribution in [1.82, 2.24) is 4.90 Å². The Bertz CT molecular complexity index is 880. The number of hydrogen-bond donors (Lipinski definition) is 4. The maximum atomic E-state index is 11.2. The molecular formula is C16H17NO7S. The molecular weight excluding hydrogens is 350 g/mol. The van der Waals surface area contributed by atoms with Crippen molar-refractivity contribution < 1.29 is 33.1 Å². The van der Waals surface area contributed by atoms with Crippen LogP contribution in [0.25, 0.3) is 0 Å². The van der Waals surface area contributed by atoms with Gasteiger partial charge in [0.2, 0.25) is 0 Å². The Labute approximate surface area is 144 Å². The number of benzene rings is 2. The van der Waals surface area contributed by atoms with Gasteiger partial charge in [-0.15, -0.1) is 0 Å². The van der Waals surface area contributed by atoms with E-state index in [4.69, 9.17) is 9.66 Å². The van der Waals surface area contributed by atoms with Crippen molar-refractivity contribution in [1.29, 1.82) is 0 Å². The SMILES string of the molecule is O=C(O)CN(Cc1ccccc1O)Cc1cc(S(=O)(=O)O)ccc1O. The van der Waals surface area contributed by atoms with Gasteiger partial charge >= 0.3 is 5.97 Å². The molecule has 134 valence electrons. The van der Waals surface area contributed by atoms with Crippen molar-refractivity contribution in [3.63, 3.8) is 0 Å². The number of carbonyl (C=O) groups is 1. The van der Waals surface area contributed by atoms with E-state index in [1.54, 1.807) is 18.2 Å². The number of rotatable bonds is 7. The van der Waals surface area contributed by atoms with Crippen LogP contribution in [-0.2, 0) is 28.0 Å². The third-order valence-corrected chi connectivity index (χ3v) is 4.34. The van der Waals surface area contributed by atoms with Crippen LogP contribution in [-0.4, -0.2) is 45.7 Å². The van der Waals surface area contributed by atoms with Gasteiger partial charge in [0.15, 0.2) is 0 Å². The molecule has 4 N–H and O–H groups in total. The van der Waals surface area contributed by atoms with E-state index in [0.717, 1.165) is 18.2 Å². The van der Waals surface area contributed by atoms with Crippen LogP contribution in [0.5, 0.6) is 11.5 Å². The van der Waals surface area contributed by atoms with Crippen molar-refractivity contribution in [2.45, 2.75) is 18.0 Å². The minimum Gasteiger partial charge on any atom is -0.508 e. The number of aliphatic carboxylic acids is 1. The first-order valence-electron chi connectivity index (χ1n) is 7.17. The van der Waals surface area contributed by atoms with Gasteiger partial charge in [-0.25, -0.2) is 0 Å². The summed E-state index contributed by atoms with van der Waals surface area (Å²) in [5.41, 5.74) is 0.612. The van der Waals surface area contributed by atoms with Gasteiger partial charge in [0.25, 0.3) is 10.1 Å². The number of carboxylic acid groups (broad SMARTS) is 1. The average molecular weight is 367 g/mol. The maximum absolute atomic E-state index is 11.2. The summed E-state index contributed by atoms with van der Waals surface area (Å²) >= 11 is 0. The lowest BCUT2D eigenvalue weighted by molar-refractivity contribution is -0.138. The molecule has 0 radical (unpaired) electrons. The van der Waals surface area contributed by atoms with Crippen LogP contribution in [0.4, 0.5) is 0 Å². The lowest BCUT2D eigenvalue weighted by atomic mass is 10.1. The Kier molecular flexibility index (Phi) is 5.62. The predicted molar refractivity (Wildman–Crippen MR) is 87.8 cm³/mol. The third kappa shape index (κ3) is 5.18. The third-order valence-electron chi connectivity index (χ3n) is 3.49. The first-order chi connectivity index (χ1) is 11.7. The molecule has 0 aliphatic carbocycles. The molecule has 0 fully saturated rings. The van der Waals surface area contributed by atoms with Crippen molar-refractivity contribution in [3.8, 4) is 11.5 Å². The van der Waals surface area contributed by atoms with E-state index in [1.807, 2.05) is 0 Å². The first kappa shape index (κ1) is 18.7. The van der Waals surface area contributed by atoms with Gasteiger partial charge < -0.3 is 15.3 Å². The molecule has 0 bridgehead atoms. The Morgan fingerprint density at radius 3 is 2.16 bits per heavy atom. The van der Waals surface area contributed by atoms with Crippen LogP contribution in [0.1, 0.15) is 11.1 Å². The van der Waals surface area contributed by atoms with Crippen LogP contribution in [0.2, 0.25) is 0 Å². The summed E-state index contributed by atoms with van der Waals surface area (Å²) in [6.45, 7) is -0.436. The Balaban J connectivity index is 2.31. The van der Waals surface area contributed by atoms with Gasteiger partial charge in [-0.3, -0.25) is 14.2 Å². The lowest BCUT2D eigenvalue weighted by Gasteiger charge is -2.21. The lowest BCUT2D eigenvalue weighted by Crippen LogP contribution is -2.29. The zero-order valence-electron chi connectivity index (χ0n) is 13.0. The molecule has 0 spiro atoms. The molecule has 0 aromatic heterocycles. The molecule has 0 aliphatic heterocycles. The topological polar surface area (TPSA) is 135 Å². The molecule has 9 heteroatoms. The van der Waals surface area contributed by atoms with Gasteiger partial charge in [0, 0.05) is 24.2 Å². The van der Waals surface area contributed by atoms with Gasteiger partial charge in [-0.2, -0.15) is 8.42 Å². The number of hydrogen-bond acceptors (Lipinski definition) is 6. The van der Waals surface area contributed by atoms with Crippen molar-refractivity contribution in [2.75, 3.05) is 6.54 Å². The fraction of sp³-hybridized carbons (Fsp3) is 0.188. The summed E-state index contributed by atoms with van der Waals surface area (Å²) in [5.74, 6) is -1.37. The predicted octanol–water partition coefficient (Wildman–Crippen LogP) is 1.43. The minimum atomic E-state index is -4.45. The maximum Gasteiger partial charge on any atom is 0.317 e. The summed E-state index contributed by atoms with van der Waals surface area (Å²) in [6, 6.07) is 9.62. The standard InChI is InChI=1S/C16H17NO7S/c18-14-4-2-1-3-11(14)8-17(10-16(20)21)9-12-7-13(25(22,23)24)5-6-15(12)19/h1-7,18-19H,8-10H2,(H,20,21)(H,22,23,24). The van der Waals surface area contributed by atoms with E-state index < -0.39 is 27.5 Å². The van der Waals surface area contributed by atoms with Crippen LogP contribution in [0.3, 0.4) is 0 Å². The zero-order valence-corrected chi connectivity index (χ0v) is 13.8. The van der Waals surface area contributed by atoms with Gasteiger partial charge in [0.1, 0.15) is 11.5 Å². The monoisotopic (exact) mass is 367 g/mol. The summed E-state index contributed by atoms with van der Waals surface area (Å²) in [7, 11) is -4.45. The van der Waals surface area contributed by atoms with Crippen LogP contribution < -0.4 is 0 Å². The van der Waals surface area contributed by atoms with Crippen LogP contribution >= 0.6 is 0 Å². The van der Waals surface area contributed by atoms with Gasteiger partial charge in [-0.05, 0) is 24.3 Å². The molecule has 2 aromatic rings. The van der Waals surface area contributed by atoms with E-state index in [1.165, 1.54) is 11.0 Å². The minimum absolute atomic E-state index is 0.00574. The molecule has 2 rings (SSSR count). The zero-order chi connectivity index (χ0) is 18.6. The smallest absolute Gasteiger partial charge is 0.317 e. The van der Waals surface area contributed by atoms with E-state index in [0.29, 0.717) is 5.56 Å². The van der Waals surface area contributed by atoms with Crippen LogP contribution in [0.15, 0.2) is 47.4 Å². The van der Waals surface area contributed by atoms with E-state index in [9.17, 15) is 23.4 Å². The number of phenols is 2. The summed E-state index contributed by atoms with van der Waals surface area (Å²) in [6.07, 6.45) is 0. The Morgan fingerprint density at radius 2 is 1.56 bits per heavy atom. The summed E-state index contributed by atoms with van der Waals surface area (Å²) in [4.78, 5) is 12.1. The molecule has 8 nitrogen and oxygen atoms in total. The second-order valence-electron chi connectivity index (χ2n) is 5.43. The highest BCUT2D eigenvalue weighted by Crippen LogP contribution is 2.25. The van der Waals surface area contributed by atoms with E-state index in [2.05, 4.69) is 0 Å². The second kappa shape index (κ2) is 7.51. The molecule has 25 heavy (non-hydrogen) atoms. The van der Waals surface area contributed by atoms with Crippen molar-refractivity contribution >= 4 is 16.1 Å². The molecule has 0 atom stereocenters. The molecule has 0 unspecified atom stereocenters. The number of carboxylic acids is 1. The van der Waals surface area contributed by atoms with Gasteiger partial charge in [-0.1, -0.05) is 18.2 Å². The van der Waals surface area contributed by atoms with Crippen molar-refractivity contribution in [2.24, 2.45) is 0 Å². The molecule has 0 amide bonds. The van der Waals surface area contributed by atoms with E-state index >= 15 is 0 Å². The number of para-hydroxylation sites is 1. The number of nitrogens with zero attached hydrogens (tertiary/aromatic N) is 1. The Hall–Kier alpha value is -2.62. The molecule has 0 saturated heterocycles. The fourth-order valence-corrected chi connectivity index (χ4v) is 2.87. The highest BCUT2D eigenvalue weighted by molar-refractivity contribution is 7.85. The van der Waals surface area contributed by atoms with Gasteiger partial charge in [0.05, 0.1) is 11.4 Å². The Morgan fingerprint density at radius 1 is 0.960 bits per heavy atom. The van der Waals surface area contributed by atoms with Crippen LogP contribution in [0, 0.1) is 0 Å². The quantitative estimate of drug-likeness (QED) is 0.540. The first-order valence-corrected chi connectivity index (χ1v) is 8.61. The highest BCUT2D eigenvalue weighted by atomic mass is 32.2. The highest BCUT2D eigenvalue weighted by Gasteiger charge is 2.17. The normalized spacial score (nSPS) is 11.6. The summed E-state index contributed by atoms with van der Waals surface area (Å²) < 4.78 is 31.6. The van der Waals surface area contributed by atoms with Crippen molar-refractivity contribution in [3.05, 3.63) is 53.6 Å². The molecule has 0 heterocycles.